The van der Waals surface area contributed by atoms with Crippen molar-refractivity contribution in [2.45, 2.75) is 19.9 Å². The van der Waals surface area contributed by atoms with Crippen LogP contribution >= 0.6 is 0 Å². The van der Waals surface area contributed by atoms with Crippen LogP contribution in [0.5, 0.6) is 0 Å². The fourth-order valence-corrected chi connectivity index (χ4v) is 3.80. The van der Waals surface area contributed by atoms with Crippen LogP contribution < -0.4 is 5.32 Å². The quantitative estimate of drug-likeness (QED) is 0.661. The number of imidazole rings is 1. The average Bonchev–Trinajstić information content (AvgIpc) is 3.11. The molecule has 3 aromatic rings. The second kappa shape index (κ2) is 9.69. The number of carbonyl (C=O) groups excluding carboxylic acids is 1. The Balaban J connectivity index is 1.26. The fourth-order valence-electron chi connectivity index (χ4n) is 3.80. The van der Waals surface area contributed by atoms with Crippen molar-refractivity contribution in [2.75, 3.05) is 38.0 Å². The minimum atomic E-state index is 0.0494. The summed E-state index contributed by atoms with van der Waals surface area (Å²) in [6.45, 7) is 7.12. The minimum absolute atomic E-state index is 0.0494. The molecule has 1 aliphatic heterocycles. The first-order valence-corrected chi connectivity index (χ1v) is 10.6. The number of hydrogen-bond donors (Lipinski definition) is 2. The maximum atomic E-state index is 12.4. The van der Waals surface area contributed by atoms with Crippen LogP contribution in [0.1, 0.15) is 17.7 Å². The summed E-state index contributed by atoms with van der Waals surface area (Å²) in [6, 6.07) is 18.1. The number of hydrogen-bond acceptors (Lipinski definition) is 4. The van der Waals surface area contributed by atoms with E-state index in [1.54, 1.807) is 0 Å². The molecule has 0 spiro atoms. The summed E-state index contributed by atoms with van der Waals surface area (Å²) < 4.78 is 0. The number of carbonyl (C=O) groups is 1. The number of amides is 1. The number of rotatable bonds is 6. The molecule has 1 aliphatic rings. The molecule has 4 rings (SSSR count). The Labute approximate surface area is 177 Å². The van der Waals surface area contributed by atoms with Crippen LogP contribution in [0.2, 0.25) is 0 Å². The number of H-pyrrole nitrogens is 1. The lowest BCUT2D eigenvalue weighted by Crippen LogP contribution is -2.36. The maximum absolute atomic E-state index is 12.4. The van der Waals surface area contributed by atoms with Crippen LogP contribution in [-0.4, -0.2) is 58.4 Å². The Morgan fingerprint density at radius 1 is 1.00 bits per heavy atom. The molecule has 1 fully saturated rings. The van der Waals surface area contributed by atoms with Gasteiger partial charge in [0.2, 0.25) is 5.91 Å². The number of nitrogens with zero attached hydrogens (tertiary/aromatic N) is 3. The van der Waals surface area contributed by atoms with E-state index < -0.39 is 0 Å². The summed E-state index contributed by atoms with van der Waals surface area (Å²) in [4.78, 5) is 25.1. The van der Waals surface area contributed by atoms with Gasteiger partial charge in [0.1, 0.15) is 5.82 Å². The van der Waals surface area contributed by atoms with E-state index >= 15 is 0 Å². The summed E-state index contributed by atoms with van der Waals surface area (Å²) in [6.07, 6.45) is 2.98. The maximum Gasteiger partial charge on any atom is 0.238 e. The van der Waals surface area contributed by atoms with Crippen LogP contribution in [0, 0.1) is 6.92 Å². The Morgan fingerprint density at radius 3 is 2.53 bits per heavy atom. The van der Waals surface area contributed by atoms with Crippen LogP contribution in [0.3, 0.4) is 0 Å². The van der Waals surface area contributed by atoms with Gasteiger partial charge in [0.25, 0.3) is 0 Å². The van der Waals surface area contributed by atoms with Crippen LogP contribution in [0.15, 0.2) is 60.8 Å². The lowest BCUT2D eigenvalue weighted by atomic mass is 10.2. The molecule has 1 amide bonds. The first-order chi connectivity index (χ1) is 14.7. The SMILES string of the molecule is Cc1ccc(NC(=O)CN2CCCN(Cc3cnc(-c4ccccc4)[nH]3)CC2)cc1. The van der Waals surface area contributed by atoms with Crippen molar-refractivity contribution in [1.82, 2.24) is 19.8 Å². The van der Waals surface area contributed by atoms with Crippen molar-refractivity contribution >= 4 is 11.6 Å². The van der Waals surface area contributed by atoms with Gasteiger partial charge >= 0.3 is 0 Å². The van der Waals surface area contributed by atoms with Crippen LogP contribution in [-0.2, 0) is 11.3 Å². The van der Waals surface area contributed by atoms with E-state index in [1.165, 1.54) is 5.56 Å². The topological polar surface area (TPSA) is 64.3 Å². The summed E-state index contributed by atoms with van der Waals surface area (Å²) in [7, 11) is 0. The van der Waals surface area contributed by atoms with Crippen molar-refractivity contribution in [3.8, 4) is 11.4 Å². The standard InChI is InChI=1S/C24H29N5O/c1-19-8-10-21(11-9-19)26-23(30)18-29-13-5-12-28(14-15-29)17-22-16-25-24(27-22)20-6-3-2-4-7-20/h2-4,6-11,16H,5,12-15,17-18H2,1H3,(H,25,27)(H,26,30). The normalized spacial score (nSPS) is 15.6. The number of aromatic amines is 1. The Hall–Kier alpha value is -2.96. The highest BCUT2D eigenvalue weighted by atomic mass is 16.2. The van der Waals surface area contributed by atoms with Crippen molar-refractivity contribution < 1.29 is 4.79 Å². The fraction of sp³-hybridized carbons (Fsp3) is 0.333. The molecule has 1 aromatic heterocycles. The Morgan fingerprint density at radius 2 is 1.73 bits per heavy atom. The molecule has 0 atom stereocenters. The molecular weight excluding hydrogens is 374 g/mol. The first-order valence-electron chi connectivity index (χ1n) is 10.6. The molecule has 0 aliphatic carbocycles. The summed E-state index contributed by atoms with van der Waals surface area (Å²) in [5, 5.41) is 3.00. The molecule has 6 heteroatoms. The Bertz CT molecular complexity index is 951. The number of nitrogens with one attached hydrogen (secondary N) is 2. The monoisotopic (exact) mass is 403 g/mol. The van der Waals surface area contributed by atoms with Gasteiger partial charge < -0.3 is 10.3 Å². The smallest absolute Gasteiger partial charge is 0.238 e. The third kappa shape index (κ3) is 5.55. The molecular formula is C24H29N5O. The van der Waals surface area contributed by atoms with Gasteiger partial charge in [-0.3, -0.25) is 14.6 Å². The lowest BCUT2D eigenvalue weighted by Gasteiger charge is -2.21. The minimum Gasteiger partial charge on any atom is -0.341 e. The van der Waals surface area contributed by atoms with Gasteiger partial charge in [-0.1, -0.05) is 48.0 Å². The van der Waals surface area contributed by atoms with Gasteiger partial charge in [-0.15, -0.1) is 0 Å². The van der Waals surface area contributed by atoms with Gasteiger partial charge in [-0.25, -0.2) is 4.98 Å². The largest absolute Gasteiger partial charge is 0.341 e. The second-order valence-electron chi connectivity index (χ2n) is 7.94. The van der Waals surface area contributed by atoms with E-state index in [9.17, 15) is 4.79 Å². The summed E-state index contributed by atoms with van der Waals surface area (Å²) in [5.74, 6) is 0.961. The molecule has 2 aromatic carbocycles. The van der Waals surface area contributed by atoms with E-state index in [-0.39, 0.29) is 5.91 Å². The number of aromatic nitrogens is 2. The van der Waals surface area contributed by atoms with Crippen LogP contribution in [0.4, 0.5) is 5.69 Å². The van der Waals surface area contributed by atoms with E-state index in [1.807, 2.05) is 55.6 Å². The van der Waals surface area contributed by atoms with E-state index in [4.69, 9.17) is 0 Å². The van der Waals surface area contributed by atoms with Gasteiger partial charge in [0.15, 0.2) is 0 Å². The zero-order valence-electron chi connectivity index (χ0n) is 17.5. The van der Waals surface area contributed by atoms with E-state index in [0.717, 1.165) is 61.9 Å². The molecule has 6 nitrogen and oxygen atoms in total. The van der Waals surface area contributed by atoms with Crippen molar-refractivity contribution in [1.29, 1.82) is 0 Å². The first kappa shape index (κ1) is 20.3. The van der Waals surface area contributed by atoms with Crippen LogP contribution in [0.25, 0.3) is 11.4 Å². The lowest BCUT2D eigenvalue weighted by molar-refractivity contribution is -0.117. The van der Waals surface area contributed by atoms with Crippen molar-refractivity contribution in [3.63, 3.8) is 0 Å². The summed E-state index contributed by atoms with van der Waals surface area (Å²) >= 11 is 0. The highest BCUT2D eigenvalue weighted by molar-refractivity contribution is 5.92. The molecule has 2 heterocycles. The zero-order valence-corrected chi connectivity index (χ0v) is 17.5. The molecule has 0 unspecified atom stereocenters. The van der Waals surface area contributed by atoms with Crippen molar-refractivity contribution in [3.05, 3.63) is 72.1 Å². The van der Waals surface area contributed by atoms with Gasteiger partial charge in [-0.05, 0) is 38.6 Å². The Kier molecular flexibility index (Phi) is 6.57. The molecule has 0 saturated carbocycles. The zero-order chi connectivity index (χ0) is 20.8. The highest BCUT2D eigenvalue weighted by Gasteiger charge is 2.18. The molecule has 2 N–H and O–H groups in total. The molecule has 30 heavy (non-hydrogen) atoms. The van der Waals surface area contributed by atoms with Gasteiger partial charge in [-0.2, -0.15) is 0 Å². The predicted molar refractivity (Wildman–Crippen MR) is 120 cm³/mol. The molecule has 156 valence electrons. The average molecular weight is 404 g/mol. The third-order valence-electron chi connectivity index (χ3n) is 5.45. The number of aryl methyl sites for hydroxylation is 1. The van der Waals surface area contributed by atoms with Gasteiger partial charge in [0, 0.05) is 42.8 Å². The van der Waals surface area contributed by atoms with E-state index in [0.29, 0.717) is 6.54 Å². The number of benzene rings is 2. The number of anilines is 1. The van der Waals surface area contributed by atoms with E-state index in [2.05, 4.69) is 37.2 Å². The predicted octanol–water partition coefficient (Wildman–Crippen LogP) is 3.53. The molecule has 0 radical (unpaired) electrons. The third-order valence-corrected chi connectivity index (χ3v) is 5.45. The van der Waals surface area contributed by atoms with Crippen molar-refractivity contribution in [2.24, 2.45) is 0 Å². The molecule has 0 bridgehead atoms. The second-order valence-corrected chi connectivity index (χ2v) is 7.94. The van der Waals surface area contributed by atoms with Gasteiger partial charge in [0.05, 0.1) is 6.54 Å². The molecule has 1 saturated heterocycles. The highest BCUT2D eigenvalue weighted by Crippen LogP contribution is 2.16. The summed E-state index contributed by atoms with van der Waals surface area (Å²) in [5.41, 5.74) is 4.27.